The van der Waals surface area contributed by atoms with Crippen molar-refractivity contribution in [2.45, 2.75) is 12.8 Å². The fraction of sp³-hybridized carbons (Fsp3) is 0.0769. The summed E-state index contributed by atoms with van der Waals surface area (Å²) in [5.74, 6) is 0. The van der Waals surface area contributed by atoms with Crippen molar-refractivity contribution in [1.29, 1.82) is 0 Å². The van der Waals surface area contributed by atoms with Crippen molar-refractivity contribution in [2.75, 3.05) is 0 Å². The van der Waals surface area contributed by atoms with Gasteiger partial charge in [-0.15, -0.1) is 11.3 Å². The molecule has 5 aromatic rings. The van der Waals surface area contributed by atoms with Gasteiger partial charge in [-0.1, -0.05) is 66.8 Å². The quantitative estimate of drug-likeness (QED) is 0.265. The van der Waals surface area contributed by atoms with Gasteiger partial charge in [-0.3, -0.25) is 0 Å². The van der Waals surface area contributed by atoms with Gasteiger partial charge in [0.25, 0.3) is 0 Å². The summed E-state index contributed by atoms with van der Waals surface area (Å²) < 4.78 is 2.84. The molecular formula is C26H16S. The lowest BCUT2D eigenvalue weighted by molar-refractivity contribution is 1.24. The normalized spacial score (nSPS) is 15.2. The number of allylic oxidation sites excluding steroid dienone is 3. The van der Waals surface area contributed by atoms with E-state index in [2.05, 4.69) is 72.8 Å². The zero-order chi connectivity index (χ0) is 17.5. The van der Waals surface area contributed by atoms with E-state index >= 15 is 0 Å². The minimum Gasteiger partial charge on any atom is -0.134 e. The second-order valence-corrected chi connectivity index (χ2v) is 8.69. The summed E-state index contributed by atoms with van der Waals surface area (Å²) in [6.45, 7) is 0. The van der Waals surface area contributed by atoms with E-state index in [4.69, 9.17) is 0 Å². The third kappa shape index (κ3) is 1.69. The molecule has 0 radical (unpaired) electrons. The van der Waals surface area contributed by atoms with Crippen LogP contribution in [0.3, 0.4) is 0 Å². The van der Waals surface area contributed by atoms with Crippen molar-refractivity contribution in [3.63, 3.8) is 0 Å². The Bertz CT molecular complexity index is 1510. The van der Waals surface area contributed by atoms with Gasteiger partial charge in [0, 0.05) is 25.7 Å². The summed E-state index contributed by atoms with van der Waals surface area (Å²) in [5, 5.41) is 8.52. The highest BCUT2D eigenvalue weighted by molar-refractivity contribution is 7.26. The zero-order valence-corrected chi connectivity index (χ0v) is 15.6. The molecule has 0 fully saturated rings. The first-order valence-electron chi connectivity index (χ1n) is 9.57. The third-order valence-electron chi connectivity index (χ3n) is 6.28. The molecule has 0 nitrogen and oxygen atoms in total. The van der Waals surface area contributed by atoms with Gasteiger partial charge < -0.3 is 0 Å². The average molecular weight is 360 g/mol. The van der Waals surface area contributed by atoms with Crippen LogP contribution in [-0.2, 0) is 6.42 Å². The number of benzene rings is 4. The van der Waals surface area contributed by atoms with E-state index in [0.717, 1.165) is 12.8 Å². The number of hydrogen-bond donors (Lipinski definition) is 0. The summed E-state index contributed by atoms with van der Waals surface area (Å²) in [6.07, 6.45) is 9.28. The maximum absolute atomic E-state index is 2.44. The molecule has 0 atom stereocenters. The van der Waals surface area contributed by atoms with Gasteiger partial charge in [-0.05, 0) is 57.2 Å². The standard InChI is InChI=1S/C26H16S/c1-2-8-18-15(5-1)13-14-21-24(18)25-19-9-3-6-16-11-12-17-7-4-10-20(26(25)27-21)23(17)22(16)19/h1-6,8-10,12-14H,7,11H2. The number of hydrogen-bond acceptors (Lipinski definition) is 1. The SMILES string of the molecule is C1=Cc2c3c4c(cccc4c4c2sc2ccc5ccccc5c24)CC=C3C1. The van der Waals surface area contributed by atoms with Crippen molar-refractivity contribution >= 4 is 64.7 Å². The summed E-state index contributed by atoms with van der Waals surface area (Å²) >= 11 is 1.96. The Labute approximate surface area is 161 Å². The molecule has 0 unspecified atom stereocenters. The van der Waals surface area contributed by atoms with Gasteiger partial charge in [0.05, 0.1) is 0 Å². The first-order valence-corrected chi connectivity index (χ1v) is 10.4. The predicted octanol–water partition coefficient (Wildman–Crippen LogP) is 7.72. The maximum Gasteiger partial charge on any atom is 0.0440 e. The fourth-order valence-electron chi connectivity index (χ4n) is 5.15. The second kappa shape index (κ2) is 4.88. The molecule has 1 aromatic heterocycles. The Morgan fingerprint density at radius 3 is 2.67 bits per heavy atom. The van der Waals surface area contributed by atoms with E-state index in [9.17, 15) is 0 Å². The van der Waals surface area contributed by atoms with Crippen LogP contribution in [0.5, 0.6) is 0 Å². The Balaban J connectivity index is 1.87. The van der Waals surface area contributed by atoms with Gasteiger partial charge in [0.15, 0.2) is 0 Å². The van der Waals surface area contributed by atoms with Crippen LogP contribution in [0.1, 0.15) is 23.1 Å². The monoisotopic (exact) mass is 360 g/mol. The van der Waals surface area contributed by atoms with E-state index in [1.54, 1.807) is 0 Å². The van der Waals surface area contributed by atoms with Gasteiger partial charge in [-0.25, -0.2) is 0 Å². The van der Waals surface area contributed by atoms with Crippen LogP contribution in [0.15, 0.2) is 66.7 Å². The molecular weight excluding hydrogens is 344 g/mol. The molecule has 4 aromatic carbocycles. The molecule has 0 N–H and O–H groups in total. The predicted molar refractivity (Wildman–Crippen MR) is 120 cm³/mol. The minimum atomic E-state index is 1.06. The second-order valence-electron chi connectivity index (χ2n) is 7.63. The van der Waals surface area contributed by atoms with Crippen LogP contribution < -0.4 is 0 Å². The number of rotatable bonds is 0. The van der Waals surface area contributed by atoms with Crippen molar-refractivity contribution < 1.29 is 0 Å². The molecule has 1 heteroatoms. The first-order chi connectivity index (χ1) is 13.4. The van der Waals surface area contributed by atoms with E-state index in [1.165, 1.54) is 64.0 Å². The van der Waals surface area contributed by atoms with Crippen LogP contribution in [-0.4, -0.2) is 0 Å². The Morgan fingerprint density at radius 1 is 0.741 bits per heavy atom. The molecule has 0 spiro atoms. The van der Waals surface area contributed by atoms with Crippen LogP contribution in [0, 0.1) is 0 Å². The number of fused-ring (bicyclic) bond motifs is 7. The summed E-state index contributed by atoms with van der Waals surface area (Å²) in [6, 6.07) is 20.3. The van der Waals surface area contributed by atoms with Crippen LogP contribution in [0.25, 0.3) is 53.4 Å². The molecule has 1 heterocycles. The van der Waals surface area contributed by atoms with E-state index in [0.29, 0.717) is 0 Å². The van der Waals surface area contributed by atoms with Crippen LogP contribution >= 0.6 is 11.3 Å². The molecule has 2 aliphatic carbocycles. The lowest BCUT2D eigenvalue weighted by Gasteiger charge is -2.24. The highest BCUT2D eigenvalue weighted by Gasteiger charge is 2.25. The minimum absolute atomic E-state index is 1.06. The van der Waals surface area contributed by atoms with Gasteiger partial charge >= 0.3 is 0 Å². The lowest BCUT2D eigenvalue weighted by atomic mass is 9.80. The van der Waals surface area contributed by atoms with Crippen LogP contribution in [0.4, 0.5) is 0 Å². The molecule has 126 valence electrons. The smallest absolute Gasteiger partial charge is 0.0440 e. The van der Waals surface area contributed by atoms with Crippen molar-refractivity contribution in [1.82, 2.24) is 0 Å². The van der Waals surface area contributed by atoms with Gasteiger partial charge in [0.2, 0.25) is 0 Å². The van der Waals surface area contributed by atoms with E-state index < -0.39 is 0 Å². The summed E-state index contributed by atoms with van der Waals surface area (Å²) in [7, 11) is 0. The average Bonchev–Trinajstić information content (AvgIpc) is 3.13. The zero-order valence-electron chi connectivity index (χ0n) is 14.8. The molecule has 27 heavy (non-hydrogen) atoms. The Morgan fingerprint density at radius 2 is 1.67 bits per heavy atom. The molecule has 7 rings (SSSR count). The lowest BCUT2D eigenvalue weighted by Crippen LogP contribution is -2.03. The summed E-state index contributed by atoms with van der Waals surface area (Å²) in [5.41, 5.74) is 5.93. The topological polar surface area (TPSA) is 0 Å². The molecule has 0 bridgehead atoms. The molecule has 0 amide bonds. The van der Waals surface area contributed by atoms with Crippen molar-refractivity contribution in [3.8, 4) is 0 Å². The summed E-state index contributed by atoms with van der Waals surface area (Å²) in [4.78, 5) is 0. The fourth-order valence-corrected chi connectivity index (χ4v) is 6.42. The van der Waals surface area contributed by atoms with Crippen molar-refractivity contribution in [3.05, 3.63) is 83.4 Å². The van der Waals surface area contributed by atoms with Crippen LogP contribution in [0.2, 0.25) is 0 Å². The highest BCUT2D eigenvalue weighted by atomic mass is 32.1. The molecule has 0 saturated heterocycles. The molecule has 0 aliphatic heterocycles. The van der Waals surface area contributed by atoms with E-state index in [1.807, 2.05) is 11.3 Å². The third-order valence-corrected chi connectivity index (χ3v) is 7.46. The maximum atomic E-state index is 2.44. The first kappa shape index (κ1) is 14.2. The van der Waals surface area contributed by atoms with Gasteiger partial charge in [-0.2, -0.15) is 0 Å². The number of thiophene rings is 1. The van der Waals surface area contributed by atoms with Gasteiger partial charge in [0.1, 0.15) is 0 Å². The van der Waals surface area contributed by atoms with E-state index in [-0.39, 0.29) is 0 Å². The highest BCUT2D eigenvalue weighted by Crippen LogP contribution is 2.50. The molecule has 2 aliphatic rings. The largest absolute Gasteiger partial charge is 0.134 e. The Hall–Kier alpha value is -2.90. The molecule has 0 saturated carbocycles. The van der Waals surface area contributed by atoms with Crippen molar-refractivity contribution in [2.24, 2.45) is 0 Å². The Kier molecular flexibility index (Phi) is 2.56.